The van der Waals surface area contributed by atoms with E-state index in [9.17, 15) is 4.79 Å². The minimum absolute atomic E-state index is 0.0199. The van der Waals surface area contributed by atoms with Crippen LogP contribution in [0.3, 0.4) is 0 Å². The second-order valence-corrected chi connectivity index (χ2v) is 7.41. The summed E-state index contributed by atoms with van der Waals surface area (Å²) in [4.78, 5) is 27.3. The van der Waals surface area contributed by atoms with Gasteiger partial charge >= 0.3 is 0 Å². The Hall–Kier alpha value is -3.15. The fraction of sp³-hybridized carbons (Fsp3) is 0.318. The molecule has 2 aliphatic heterocycles. The largest absolute Gasteiger partial charge is 0.371 e. The van der Waals surface area contributed by atoms with E-state index in [1.165, 1.54) is 24.9 Å². The molecule has 0 saturated carbocycles. The fourth-order valence-corrected chi connectivity index (χ4v) is 4.14. The molecule has 0 unspecified atom stereocenters. The van der Waals surface area contributed by atoms with Crippen molar-refractivity contribution in [2.45, 2.75) is 25.7 Å². The molecule has 0 bridgehead atoms. The number of amides is 1. The SMILES string of the molecule is O=C1NCCc2[nH]c(-c3ccnc(-c4ccccc4N4CCCCC4)n3)cc21. The molecule has 1 saturated heterocycles. The molecule has 1 fully saturated rings. The number of hydrogen-bond donors (Lipinski definition) is 2. The van der Waals surface area contributed by atoms with Crippen molar-refractivity contribution in [2.75, 3.05) is 24.5 Å². The lowest BCUT2D eigenvalue weighted by molar-refractivity contribution is 0.0946. The van der Waals surface area contributed by atoms with Gasteiger partial charge in [0, 0.05) is 49.2 Å². The number of nitrogens with one attached hydrogen (secondary N) is 2. The lowest BCUT2D eigenvalue weighted by Gasteiger charge is -2.30. The summed E-state index contributed by atoms with van der Waals surface area (Å²) in [6, 6.07) is 12.2. The zero-order chi connectivity index (χ0) is 18.9. The van der Waals surface area contributed by atoms with E-state index in [0.29, 0.717) is 6.54 Å². The molecule has 28 heavy (non-hydrogen) atoms. The Morgan fingerprint density at radius 2 is 1.86 bits per heavy atom. The first kappa shape index (κ1) is 17.0. The average molecular weight is 373 g/mol. The monoisotopic (exact) mass is 373 g/mol. The van der Waals surface area contributed by atoms with Gasteiger partial charge in [0.15, 0.2) is 5.82 Å². The van der Waals surface area contributed by atoms with Crippen molar-refractivity contribution >= 4 is 11.6 Å². The molecule has 2 N–H and O–H groups in total. The minimum atomic E-state index is -0.0199. The molecule has 0 radical (unpaired) electrons. The van der Waals surface area contributed by atoms with E-state index in [2.05, 4.69) is 38.4 Å². The van der Waals surface area contributed by atoms with Crippen molar-refractivity contribution in [2.24, 2.45) is 0 Å². The second-order valence-electron chi connectivity index (χ2n) is 7.41. The highest BCUT2D eigenvalue weighted by Crippen LogP contribution is 2.31. The number of piperidine rings is 1. The molecule has 142 valence electrons. The van der Waals surface area contributed by atoms with Crippen LogP contribution in [0.4, 0.5) is 5.69 Å². The quantitative estimate of drug-likeness (QED) is 0.738. The molecule has 2 aliphatic rings. The molecule has 6 heteroatoms. The highest BCUT2D eigenvalue weighted by Gasteiger charge is 2.21. The predicted molar refractivity (Wildman–Crippen MR) is 109 cm³/mol. The van der Waals surface area contributed by atoms with Crippen molar-refractivity contribution in [1.29, 1.82) is 0 Å². The van der Waals surface area contributed by atoms with E-state index < -0.39 is 0 Å². The van der Waals surface area contributed by atoms with Crippen LogP contribution in [0.5, 0.6) is 0 Å². The highest BCUT2D eigenvalue weighted by molar-refractivity contribution is 5.97. The summed E-state index contributed by atoms with van der Waals surface area (Å²) >= 11 is 0. The van der Waals surface area contributed by atoms with Gasteiger partial charge in [-0.1, -0.05) is 12.1 Å². The van der Waals surface area contributed by atoms with Crippen LogP contribution in [-0.2, 0) is 6.42 Å². The maximum Gasteiger partial charge on any atom is 0.253 e. The molecule has 0 aliphatic carbocycles. The molecule has 6 nitrogen and oxygen atoms in total. The van der Waals surface area contributed by atoms with Gasteiger partial charge in [-0.3, -0.25) is 4.79 Å². The molecule has 1 amide bonds. The number of carbonyl (C=O) groups excluding carboxylic acids is 1. The zero-order valence-corrected chi connectivity index (χ0v) is 15.7. The topological polar surface area (TPSA) is 73.9 Å². The number of nitrogens with zero attached hydrogens (tertiary/aromatic N) is 3. The van der Waals surface area contributed by atoms with Crippen molar-refractivity contribution < 1.29 is 4.79 Å². The van der Waals surface area contributed by atoms with Gasteiger partial charge in [-0.25, -0.2) is 9.97 Å². The summed E-state index contributed by atoms with van der Waals surface area (Å²) < 4.78 is 0. The molecular formula is C22H23N5O. The maximum absolute atomic E-state index is 12.1. The molecule has 2 aromatic heterocycles. The van der Waals surface area contributed by atoms with E-state index in [1.54, 1.807) is 6.20 Å². The van der Waals surface area contributed by atoms with Crippen LogP contribution in [0.1, 0.15) is 35.3 Å². The fourth-order valence-electron chi connectivity index (χ4n) is 4.14. The highest BCUT2D eigenvalue weighted by atomic mass is 16.1. The summed E-state index contributed by atoms with van der Waals surface area (Å²) in [5.41, 5.74) is 5.62. The number of aromatic nitrogens is 3. The predicted octanol–water partition coefficient (Wildman–Crippen LogP) is 3.41. The third-order valence-electron chi connectivity index (χ3n) is 5.58. The Labute approximate surface area is 164 Å². The molecular weight excluding hydrogens is 350 g/mol. The molecule has 0 spiro atoms. The number of benzene rings is 1. The average Bonchev–Trinajstić information content (AvgIpc) is 3.20. The molecule has 5 rings (SSSR count). The number of hydrogen-bond acceptors (Lipinski definition) is 4. The Balaban J connectivity index is 1.53. The van der Waals surface area contributed by atoms with Crippen LogP contribution in [0.2, 0.25) is 0 Å². The lowest BCUT2D eigenvalue weighted by Crippen LogP contribution is -2.31. The van der Waals surface area contributed by atoms with E-state index in [0.717, 1.165) is 53.5 Å². The van der Waals surface area contributed by atoms with Crippen molar-refractivity contribution in [3.05, 3.63) is 53.9 Å². The van der Waals surface area contributed by atoms with Crippen LogP contribution in [0.15, 0.2) is 42.6 Å². The number of H-pyrrole nitrogens is 1. The first-order valence-electron chi connectivity index (χ1n) is 9.97. The van der Waals surface area contributed by atoms with Gasteiger partial charge in [0.25, 0.3) is 5.91 Å². The molecule has 0 atom stereocenters. The maximum atomic E-state index is 12.1. The van der Waals surface area contributed by atoms with Gasteiger partial charge in [-0.15, -0.1) is 0 Å². The van der Waals surface area contributed by atoms with Gasteiger partial charge < -0.3 is 15.2 Å². The molecule has 1 aromatic carbocycles. The van der Waals surface area contributed by atoms with Crippen molar-refractivity contribution in [3.8, 4) is 22.8 Å². The van der Waals surface area contributed by atoms with Gasteiger partial charge in [0.1, 0.15) is 0 Å². The summed E-state index contributed by atoms with van der Waals surface area (Å²) in [6.07, 6.45) is 6.37. The van der Waals surface area contributed by atoms with Gasteiger partial charge in [-0.2, -0.15) is 0 Å². The van der Waals surface area contributed by atoms with Gasteiger partial charge in [-0.05, 0) is 43.5 Å². The normalized spacial score (nSPS) is 16.6. The second kappa shape index (κ2) is 7.11. The third-order valence-corrected chi connectivity index (χ3v) is 5.58. The van der Waals surface area contributed by atoms with E-state index in [4.69, 9.17) is 4.98 Å². The standard InChI is InChI=1S/C22H23N5O/c28-22-16-14-19(25-17(16)8-11-24-22)18-9-10-23-21(26-18)15-6-2-3-7-20(15)27-12-4-1-5-13-27/h2-3,6-7,9-10,14,25H,1,4-5,8,11-13H2,(H,24,28). The van der Waals surface area contributed by atoms with E-state index in [1.807, 2.05) is 18.2 Å². The van der Waals surface area contributed by atoms with Crippen molar-refractivity contribution in [3.63, 3.8) is 0 Å². The number of fused-ring (bicyclic) bond motifs is 1. The van der Waals surface area contributed by atoms with Crippen molar-refractivity contribution in [1.82, 2.24) is 20.3 Å². The summed E-state index contributed by atoms with van der Waals surface area (Å²) in [6.45, 7) is 2.83. The number of anilines is 1. The van der Waals surface area contributed by atoms with Crippen LogP contribution >= 0.6 is 0 Å². The van der Waals surface area contributed by atoms with E-state index >= 15 is 0 Å². The number of rotatable bonds is 3. The Kier molecular flexibility index (Phi) is 4.31. The Morgan fingerprint density at radius 1 is 1.00 bits per heavy atom. The smallest absolute Gasteiger partial charge is 0.253 e. The minimum Gasteiger partial charge on any atom is -0.371 e. The third kappa shape index (κ3) is 3.05. The zero-order valence-electron chi connectivity index (χ0n) is 15.7. The first-order valence-corrected chi connectivity index (χ1v) is 9.97. The van der Waals surface area contributed by atoms with E-state index in [-0.39, 0.29) is 5.91 Å². The lowest BCUT2D eigenvalue weighted by atomic mass is 10.1. The summed E-state index contributed by atoms with van der Waals surface area (Å²) in [7, 11) is 0. The number of aromatic amines is 1. The Morgan fingerprint density at radius 3 is 2.71 bits per heavy atom. The molecule has 4 heterocycles. The molecule has 3 aromatic rings. The Bertz CT molecular complexity index is 1020. The number of carbonyl (C=O) groups is 1. The van der Waals surface area contributed by atoms with Gasteiger partial charge in [0.05, 0.1) is 17.0 Å². The van der Waals surface area contributed by atoms with Crippen LogP contribution in [0.25, 0.3) is 22.8 Å². The van der Waals surface area contributed by atoms with Crippen LogP contribution < -0.4 is 10.2 Å². The number of para-hydroxylation sites is 1. The summed E-state index contributed by atoms with van der Waals surface area (Å²) in [5, 5.41) is 2.89. The first-order chi connectivity index (χ1) is 13.8. The van der Waals surface area contributed by atoms with Gasteiger partial charge in [0.2, 0.25) is 0 Å². The van der Waals surface area contributed by atoms with Crippen LogP contribution in [-0.4, -0.2) is 40.5 Å². The van der Waals surface area contributed by atoms with Crippen LogP contribution in [0, 0.1) is 0 Å². The summed E-state index contributed by atoms with van der Waals surface area (Å²) in [5.74, 6) is 0.698.